The van der Waals surface area contributed by atoms with Gasteiger partial charge < -0.3 is 20.1 Å². The number of carbonyl (C=O) groups excluding carboxylic acids is 3. The van der Waals surface area contributed by atoms with Gasteiger partial charge in [-0.05, 0) is 43.2 Å². The number of ether oxygens (including phenoxy) is 2. The van der Waals surface area contributed by atoms with Gasteiger partial charge in [0.15, 0.2) is 0 Å². The molecule has 7 nitrogen and oxygen atoms in total. The number of methoxy groups -OCH3 is 1. The first-order chi connectivity index (χ1) is 16.1. The van der Waals surface area contributed by atoms with Gasteiger partial charge in [0, 0.05) is 13.0 Å². The van der Waals surface area contributed by atoms with Crippen LogP contribution in [0, 0.1) is 0 Å². The van der Waals surface area contributed by atoms with Crippen molar-refractivity contribution in [2.24, 2.45) is 0 Å². The Balaban J connectivity index is 1.56. The minimum absolute atomic E-state index is 0.166. The maximum absolute atomic E-state index is 12.3. The molecule has 0 heterocycles. The molecule has 0 fully saturated rings. The lowest BCUT2D eigenvalue weighted by Crippen LogP contribution is -2.41. The van der Waals surface area contributed by atoms with Gasteiger partial charge in [0.1, 0.15) is 12.6 Å². The fourth-order valence-electron chi connectivity index (χ4n) is 3.36. The van der Waals surface area contributed by atoms with Crippen molar-refractivity contribution >= 4 is 18.0 Å². The molecule has 0 aliphatic carbocycles. The molecule has 7 heteroatoms. The monoisotopic (exact) mass is 454 g/mol. The number of alkyl carbamates (subject to hydrolysis) is 1. The Morgan fingerprint density at radius 3 is 2.18 bits per heavy atom. The summed E-state index contributed by atoms with van der Waals surface area (Å²) in [5, 5.41) is 5.50. The lowest BCUT2D eigenvalue weighted by molar-refractivity contribution is -0.145. The maximum atomic E-state index is 12.3. The van der Waals surface area contributed by atoms with Crippen LogP contribution in [0.4, 0.5) is 4.79 Å². The highest BCUT2D eigenvalue weighted by molar-refractivity contribution is 5.84. The molecule has 2 aromatic carbocycles. The molecule has 0 bridgehead atoms. The SMILES string of the molecule is COC(=O)[C@@H](CCCc1ccccc1)NC(=O)CCCCCNC(=O)OCc1ccccc1. The first kappa shape index (κ1) is 25.9. The number of hydrogen-bond donors (Lipinski definition) is 2. The number of benzene rings is 2. The molecule has 0 radical (unpaired) electrons. The minimum atomic E-state index is -0.632. The predicted molar refractivity (Wildman–Crippen MR) is 126 cm³/mol. The molecule has 0 aliphatic rings. The first-order valence-corrected chi connectivity index (χ1v) is 11.4. The van der Waals surface area contributed by atoms with Crippen LogP contribution in [0.2, 0.25) is 0 Å². The Bertz CT molecular complexity index is 842. The second-order valence-corrected chi connectivity index (χ2v) is 7.82. The van der Waals surface area contributed by atoms with E-state index in [4.69, 9.17) is 9.47 Å². The van der Waals surface area contributed by atoms with Crippen LogP contribution >= 0.6 is 0 Å². The molecule has 0 unspecified atom stereocenters. The molecular formula is C26H34N2O5. The van der Waals surface area contributed by atoms with Gasteiger partial charge in [-0.1, -0.05) is 67.1 Å². The fraction of sp³-hybridized carbons (Fsp3) is 0.423. The smallest absolute Gasteiger partial charge is 0.407 e. The van der Waals surface area contributed by atoms with Gasteiger partial charge in [0.05, 0.1) is 7.11 Å². The van der Waals surface area contributed by atoms with E-state index >= 15 is 0 Å². The number of hydrogen-bond acceptors (Lipinski definition) is 5. The van der Waals surface area contributed by atoms with Crippen LogP contribution in [0.5, 0.6) is 0 Å². The number of aryl methyl sites for hydroxylation is 1. The summed E-state index contributed by atoms with van der Waals surface area (Å²) in [6.07, 6.45) is 4.21. The third-order valence-corrected chi connectivity index (χ3v) is 5.18. The summed E-state index contributed by atoms with van der Waals surface area (Å²) < 4.78 is 9.99. The molecule has 0 aromatic heterocycles. The van der Waals surface area contributed by atoms with Crippen LogP contribution < -0.4 is 10.6 Å². The molecule has 178 valence electrons. The molecule has 2 amide bonds. The van der Waals surface area contributed by atoms with Crippen molar-refractivity contribution in [3.05, 3.63) is 71.8 Å². The van der Waals surface area contributed by atoms with E-state index in [0.29, 0.717) is 25.8 Å². The summed E-state index contributed by atoms with van der Waals surface area (Å²) in [7, 11) is 1.33. The third kappa shape index (κ3) is 11.2. The highest BCUT2D eigenvalue weighted by atomic mass is 16.5. The van der Waals surface area contributed by atoms with Gasteiger partial charge in [-0.2, -0.15) is 0 Å². The minimum Gasteiger partial charge on any atom is -0.467 e. The summed E-state index contributed by atoms with van der Waals surface area (Å²) in [5.74, 6) is -0.588. The van der Waals surface area contributed by atoms with Crippen LogP contribution in [0.3, 0.4) is 0 Å². The second kappa shape index (κ2) is 15.5. The van der Waals surface area contributed by atoms with Crippen LogP contribution in [0.15, 0.2) is 60.7 Å². The quantitative estimate of drug-likeness (QED) is 0.330. The van der Waals surface area contributed by atoms with Crippen molar-refractivity contribution in [3.8, 4) is 0 Å². The average Bonchev–Trinajstić information content (AvgIpc) is 2.85. The van der Waals surface area contributed by atoms with E-state index in [1.54, 1.807) is 0 Å². The summed E-state index contributed by atoms with van der Waals surface area (Å²) in [6.45, 7) is 0.721. The van der Waals surface area contributed by atoms with Gasteiger partial charge in [0.25, 0.3) is 0 Å². The van der Waals surface area contributed by atoms with Crippen molar-refractivity contribution in [1.29, 1.82) is 0 Å². The predicted octanol–water partition coefficient (Wildman–Crippen LogP) is 4.15. The number of esters is 1. The van der Waals surface area contributed by atoms with E-state index in [9.17, 15) is 14.4 Å². The first-order valence-electron chi connectivity index (χ1n) is 11.4. The average molecular weight is 455 g/mol. The van der Waals surface area contributed by atoms with Gasteiger partial charge in [-0.25, -0.2) is 9.59 Å². The Morgan fingerprint density at radius 1 is 0.848 bits per heavy atom. The second-order valence-electron chi connectivity index (χ2n) is 7.82. The molecule has 0 spiro atoms. The number of rotatable bonds is 14. The zero-order chi connectivity index (χ0) is 23.7. The van der Waals surface area contributed by atoms with Crippen molar-refractivity contribution in [2.45, 2.75) is 57.6 Å². The zero-order valence-corrected chi connectivity index (χ0v) is 19.3. The molecule has 2 N–H and O–H groups in total. The third-order valence-electron chi connectivity index (χ3n) is 5.18. The Hall–Kier alpha value is -3.35. The lowest BCUT2D eigenvalue weighted by atomic mass is 10.0. The van der Waals surface area contributed by atoms with Gasteiger partial charge >= 0.3 is 12.1 Å². The summed E-state index contributed by atoms with van der Waals surface area (Å²) >= 11 is 0. The highest BCUT2D eigenvalue weighted by Gasteiger charge is 2.20. The number of amides is 2. The maximum Gasteiger partial charge on any atom is 0.407 e. The number of carbonyl (C=O) groups is 3. The van der Waals surface area contributed by atoms with Crippen LogP contribution in [0.25, 0.3) is 0 Å². The standard InChI is InChI=1S/C26H34N2O5/c1-32-25(30)23(17-11-16-21-12-5-2-6-13-21)28-24(29)18-9-4-10-19-27-26(31)33-20-22-14-7-3-8-15-22/h2-3,5-8,12-15,23H,4,9-11,16-20H2,1H3,(H,27,31)(H,28,29)/t23-/m1/s1. The Morgan fingerprint density at radius 2 is 1.52 bits per heavy atom. The number of unbranched alkanes of at least 4 members (excludes halogenated alkanes) is 2. The lowest BCUT2D eigenvalue weighted by Gasteiger charge is -2.16. The molecule has 1 atom stereocenters. The van der Waals surface area contributed by atoms with Crippen molar-refractivity contribution in [2.75, 3.05) is 13.7 Å². The highest BCUT2D eigenvalue weighted by Crippen LogP contribution is 2.09. The van der Waals surface area contributed by atoms with Gasteiger partial charge in [-0.3, -0.25) is 4.79 Å². The van der Waals surface area contributed by atoms with E-state index in [2.05, 4.69) is 10.6 Å². The zero-order valence-electron chi connectivity index (χ0n) is 19.3. The topological polar surface area (TPSA) is 93.7 Å². The van der Waals surface area contributed by atoms with Crippen molar-refractivity contribution in [3.63, 3.8) is 0 Å². The molecule has 0 saturated carbocycles. The Kier molecular flexibility index (Phi) is 12.1. The number of nitrogens with one attached hydrogen (secondary N) is 2. The van der Waals surface area contributed by atoms with Crippen LogP contribution in [-0.4, -0.2) is 37.7 Å². The van der Waals surface area contributed by atoms with Gasteiger partial charge in [0.2, 0.25) is 5.91 Å². The van der Waals surface area contributed by atoms with Crippen LogP contribution in [0.1, 0.15) is 49.7 Å². The van der Waals surface area contributed by atoms with E-state index < -0.39 is 18.1 Å². The fourth-order valence-corrected chi connectivity index (χ4v) is 3.36. The molecule has 2 rings (SSSR count). The summed E-state index contributed by atoms with van der Waals surface area (Å²) in [6, 6.07) is 18.9. The van der Waals surface area contributed by atoms with Gasteiger partial charge in [-0.15, -0.1) is 0 Å². The summed E-state index contributed by atoms with van der Waals surface area (Å²) in [5.41, 5.74) is 2.13. The van der Waals surface area contributed by atoms with E-state index in [1.165, 1.54) is 12.7 Å². The molecule has 2 aromatic rings. The van der Waals surface area contributed by atoms with Crippen molar-refractivity contribution < 1.29 is 23.9 Å². The molecular weight excluding hydrogens is 420 g/mol. The Labute approximate surface area is 195 Å². The molecule has 0 aliphatic heterocycles. The van der Waals surface area contributed by atoms with E-state index in [0.717, 1.165) is 31.2 Å². The van der Waals surface area contributed by atoms with Crippen molar-refractivity contribution in [1.82, 2.24) is 10.6 Å². The van der Waals surface area contributed by atoms with E-state index in [1.807, 2.05) is 60.7 Å². The van der Waals surface area contributed by atoms with E-state index in [-0.39, 0.29) is 12.5 Å². The van der Waals surface area contributed by atoms with Crippen LogP contribution in [-0.2, 0) is 32.1 Å². The molecule has 0 saturated heterocycles. The molecule has 33 heavy (non-hydrogen) atoms. The normalized spacial score (nSPS) is 11.3. The largest absolute Gasteiger partial charge is 0.467 e. The summed E-state index contributed by atoms with van der Waals surface area (Å²) in [4.78, 5) is 36.0.